The molecule has 0 aromatic heterocycles. The number of nitrogens with one attached hydrogen (secondary N) is 1. The Morgan fingerprint density at radius 1 is 1.10 bits per heavy atom. The quantitative estimate of drug-likeness (QED) is 0.773. The SMILES string of the molecule is COc1ccc(CCCCN2CCNCC2)c(OC)c1. The molecule has 0 bridgehead atoms. The number of nitrogens with zero attached hydrogens (tertiary/aromatic N) is 1. The maximum absolute atomic E-state index is 5.44. The van der Waals surface area contributed by atoms with Crippen molar-refractivity contribution in [1.82, 2.24) is 10.2 Å². The maximum Gasteiger partial charge on any atom is 0.125 e. The lowest BCUT2D eigenvalue weighted by Gasteiger charge is -2.27. The monoisotopic (exact) mass is 278 g/mol. The molecule has 0 radical (unpaired) electrons. The summed E-state index contributed by atoms with van der Waals surface area (Å²) in [5, 5.41) is 3.39. The van der Waals surface area contributed by atoms with Crippen LogP contribution in [0.3, 0.4) is 0 Å². The van der Waals surface area contributed by atoms with Gasteiger partial charge in [-0.15, -0.1) is 0 Å². The zero-order chi connectivity index (χ0) is 14.2. The number of rotatable bonds is 7. The second-order valence-electron chi connectivity index (χ2n) is 5.23. The lowest BCUT2D eigenvalue weighted by molar-refractivity contribution is 0.236. The standard InChI is InChI=1S/C16H26N2O2/c1-19-15-7-6-14(16(13-15)20-2)5-3-4-10-18-11-8-17-9-12-18/h6-7,13,17H,3-5,8-12H2,1-2H3. The minimum atomic E-state index is 0.853. The molecule has 0 unspecified atom stereocenters. The van der Waals surface area contributed by atoms with Crippen LogP contribution in [0.15, 0.2) is 18.2 Å². The topological polar surface area (TPSA) is 33.7 Å². The van der Waals surface area contributed by atoms with Gasteiger partial charge < -0.3 is 19.7 Å². The van der Waals surface area contributed by atoms with Gasteiger partial charge in [-0.3, -0.25) is 0 Å². The molecular formula is C16H26N2O2. The highest BCUT2D eigenvalue weighted by Crippen LogP contribution is 2.25. The molecule has 0 spiro atoms. The predicted octanol–water partition coefficient (Wildman–Crippen LogP) is 1.93. The molecule has 0 saturated carbocycles. The summed E-state index contributed by atoms with van der Waals surface area (Å²) in [6, 6.07) is 6.09. The number of hydrogen-bond donors (Lipinski definition) is 1. The van der Waals surface area contributed by atoms with E-state index in [-0.39, 0.29) is 0 Å². The summed E-state index contributed by atoms with van der Waals surface area (Å²) in [7, 11) is 3.40. The average molecular weight is 278 g/mol. The Hall–Kier alpha value is -1.26. The van der Waals surface area contributed by atoms with E-state index in [4.69, 9.17) is 9.47 Å². The highest BCUT2D eigenvalue weighted by molar-refractivity contribution is 5.40. The molecule has 0 atom stereocenters. The van der Waals surface area contributed by atoms with Crippen molar-refractivity contribution >= 4 is 0 Å². The van der Waals surface area contributed by atoms with E-state index < -0.39 is 0 Å². The van der Waals surface area contributed by atoms with Crippen LogP contribution in [0.2, 0.25) is 0 Å². The van der Waals surface area contributed by atoms with E-state index in [0.29, 0.717) is 0 Å². The second-order valence-corrected chi connectivity index (χ2v) is 5.23. The number of aryl methyl sites for hydroxylation is 1. The van der Waals surface area contributed by atoms with Gasteiger partial charge in [0.1, 0.15) is 11.5 Å². The van der Waals surface area contributed by atoms with Crippen molar-refractivity contribution in [2.45, 2.75) is 19.3 Å². The highest BCUT2D eigenvalue weighted by atomic mass is 16.5. The Labute approximate surface area is 122 Å². The molecular weight excluding hydrogens is 252 g/mol. The summed E-state index contributed by atoms with van der Waals surface area (Å²) < 4.78 is 10.7. The minimum absolute atomic E-state index is 0.853. The Morgan fingerprint density at radius 2 is 1.90 bits per heavy atom. The first kappa shape index (κ1) is 15.1. The van der Waals surface area contributed by atoms with Crippen LogP contribution < -0.4 is 14.8 Å². The second kappa shape index (κ2) is 8.12. The Kier molecular flexibility index (Phi) is 6.15. The van der Waals surface area contributed by atoms with Crippen LogP contribution in [0.5, 0.6) is 11.5 Å². The van der Waals surface area contributed by atoms with Crippen molar-refractivity contribution in [1.29, 1.82) is 0 Å². The largest absolute Gasteiger partial charge is 0.497 e. The van der Waals surface area contributed by atoms with E-state index in [1.165, 1.54) is 38.0 Å². The van der Waals surface area contributed by atoms with Gasteiger partial charge in [-0.2, -0.15) is 0 Å². The van der Waals surface area contributed by atoms with Gasteiger partial charge >= 0.3 is 0 Å². The molecule has 0 aliphatic carbocycles. The van der Waals surface area contributed by atoms with Crippen LogP contribution in [0.1, 0.15) is 18.4 Å². The lowest BCUT2D eigenvalue weighted by Crippen LogP contribution is -2.43. The van der Waals surface area contributed by atoms with E-state index >= 15 is 0 Å². The molecule has 20 heavy (non-hydrogen) atoms. The van der Waals surface area contributed by atoms with Crippen molar-refractivity contribution in [3.05, 3.63) is 23.8 Å². The van der Waals surface area contributed by atoms with E-state index in [1.807, 2.05) is 12.1 Å². The molecule has 1 aromatic rings. The van der Waals surface area contributed by atoms with Crippen LogP contribution in [0.4, 0.5) is 0 Å². The van der Waals surface area contributed by atoms with Gasteiger partial charge in [-0.25, -0.2) is 0 Å². The third kappa shape index (κ3) is 4.39. The van der Waals surface area contributed by atoms with Gasteiger partial charge in [-0.05, 0) is 37.4 Å². The van der Waals surface area contributed by atoms with Gasteiger partial charge in [0, 0.05) is 32.2 Å². The van der Waals surface area contributed by atoms with Crippen LogP contribution in [0.25, 0.3) is 0 Å². The van der Waals surface area contributed by atoms with E-state index in [1.54, 1.807) is 14.2 Å². The van der Waals surface area contributed by atoms with Crippen LogP contribution in [-0.4, -0.2) is 51.8 Å². The fourth-order valence-corrected chi connectivity index (χ4v) is 2.64. The molecule has 0 amide bonds. The molecule has 1 aromatic carbocycles. The number of benzene rings is 1. The van der Waals surface area contributed by atoms with Crippen molar-refractivity contribution in [2.75, 3.05) is 46.9 Å². The maximum atomic E-state index is 5.44. The van der Waals surface area contributed by atoms with Crippen molar-refractivity contribution in [3.8, 4) is 11.5 Å². The summed E-state index contributed by atoms with van der Waals surface area (Å²) >= 11 is 0. The van der Waals surface area contributed by atoms with Gasteiger partial charge in [0.15, 0.2) is 0 Å². The molecule has 2 rings (SSSR count). The number of unbranched alkanes of at least 4 members (excludes halogenated alkanes) is 1. The van der Waals surface area contributed by atoms with Gasteiger partial charge in [0.25, 0.3) is 0 Å². The van der Waals surface area contributed by atoms with Gasteiger partial charge in [-0.1, -0.05) is 6.07 Å². The zero-order valence-electron chi connectivity index (χ0n) is 12.7. The summed E-state index contributed by atoms with van der Waals surface area (Å²) in [5.74, 6) is 1.79. The predicted molar refractivity (Wildman–Crippen MR) is 81.8 cm³/mol. The number of methoxy groups -OCH3 is 2. The zero-order valence-corrected chi connectivity index (χ0v) is 12.7. The van der Waals surface area contributed by atoms with Gasteiger partial charge in [0.2, 0.25) is 0 Å². The summed E-state index contributed by atoms with van der Waals surface area (Å²) in [5.41, 5.74) is 1.27. The Balaban J connectivity index is 1.75. The fourth-order valence-electron chi connectivity index (χ4n) is 2.64. The molecule has 1 aliphatic rings. The first-order valence-corrected chi connectivity index (χ1v) is 7.47. The molecule has 1 saturated heterocycles. The average Bonchev–Trinajstić information content (AvgIpc) is 2.52. The van der Waals surface area contributed by atoms with Crippen molar-refractivity contribution in [3.63, 3.8) is 0 Å². The summed E-state index contributed by atoms with van der Waals surface area (Å²) in [6.45, 7) is 5.84. The molecule has 1 N–H and O–H groups in total. The van der Waals surface area contributed by atoms with E-state index in [0.717, 1.165) is 31.0 Å². The number of ether oxygens (including phenoxy) is 2. The van der Waals surface area contributed by atoms with E-state index in [9.17, 15) is 0 Å². The number of piperazine rings is 1. The molecule has 112 valence electrons. The van der Waals surface area contributed by atoms with Crippen molar-refractivity contribution < 1.29 is 9.47 Å². The third-order valence-corrected chi connectivity index (χ3v) is 3.87. The van der Waals surface area contributed by atoms with Crippen LogP contribution >= 0.6 is 0 Å². The fraction of sp³-hybridized carbons (Fsp3) is 0.625. The Morgan fingerprint density at radius 3 is 2.60 bits per heavy atom. The summed E-state index contributed by atoms with van der Waals surface area (Å²) in [4.78, 5) is 2.54. The highest BCUT2D eigenvalue weighted by Gasteiger charge is 2.09. The molecule has 4 heteroatoms. The lowest BCUT2D eigenvalue weighted by atomic mass is 10.1. The first-order chi connectivity index (χ1) is 9.83. The van der Waals surface area contributed by atoms with Crippen molar-refractivity contribution in [2.24, 2.45) is 0 Å². The smallest absolute Gasteiger partial charge is 0.125 e. The summed E-state index contributed by atoms with van der Waals surface area (Å²) in [6.07, 6.45) is 3.51. The van der Waals surface area contributed by atoms with E-state index in [2.05, 4.69) is 16.3 Å². The Bertz CT molecular complexity index is 403. The molecule has 1 heterocycles. The van der Waals surface area contributed by atoms with Crippen LogP contribution in [0, 0.1) is 0 Å². The first-order valence-electron chi connectivity index (χ1n) is 7.47. The molecule has 1 aliphatic heterocycles. The molecule has 1 fully saturated rings. The van der Waals surface area contributed by atoms with Crippen LogP contribution in [-0.2, 0) is 6.42 Å². The normalized spacial score (nSPS) is 16.1. The third-order valence-electron chi connectivity index (χ3n) is 3.87. The van der Waals surface area contributed by atoms with Gasteiger partial charge in [0.05, 0.1) is 14.2 Å². The number of hydrogen-bond acceptors (Lipinski definition) is 4. The minimum Gasteiger partial charge on any atom is -0.497 e. The molecule has 4 nitrogen and oxygen atoms in total.